The number of nitrogens with two attached hydrogens (primary N) is 1. The molecule has 2 aliphatic rings. The highest BCUT2D eigenvalue weighted by molar-refractivity contribution is 8.00. The van der Waals surface area contributed by atoms with Crippen LogP contribution in [0, 0.1) is 0 Å². The Kier molecular flexibility index (Phi) is 5.94. The molecule has 1 aromatic heterocycles. The molecule has 1 saturated heterocycles. The predicted molar refractivity (Wildman–Crippen MR) is 106 cm³/mol. The molecule has 1 unspecified atom stereocenters. The van der Waals surface area contributed by atoms with E-state index in [4.69, 9.17) is 10.5 Å². The third-order valence-electron chi connectivity index (χ3n) is 4.32. The summed E-state index contributed by atoms with van der Waals surface area (Å²) in [5.41, 5.74) is 6.42. The fourth-order valence-electron chi connectivity index (χ4n) is 3.01. The van der Waals surface area contributed by atoms with Gasteiger partial charge in [-0.1, -0.05) is 6.08 Å². The van der Waals surface area contributed by atoms with Crippen molar-refractivity contribution >= 4 is 57.6 Å². The lowest BCUT2D eigenvalue weighted by Crippen LogP contribution is -2.70. The number of anilines is 1. The molecule has 0 bridgehead atoms. The van der Waals surface area contributed by atoms with Crippen LogP contribution in [0.2, 0.25) is 0 Å². The van der Waals surface area contributed by atoms with Gasteiger partial charge in [-0.05, 0) is 6.92 Å². The van der Waals surface area contributed by atoms with E-state index in [1.807, 2.05) is 0 Å². The first kappa shape index (κ1) is 20.9. The molecule has 0 aliphatic carbocycles. The van der Waals surface area contributed by atoms with E-state index in [2.05, 4.69) is 10.3 Å². The third kappa shape index (κ3) is 3.98. The second-order valence-electron chi connectivity index (χ2n) is 6.17. The number of nitrogen functional groups attached to an aromatic ring is 1. The number of rotatable bonds is 6. The summed E-state index contributed by atoms with van der Waals surface area (Å²) in [5, 5.41) is 13.6. The molecule has 2 amide bonds. The Morgan fingerprint density at radius 3 is 2.76 bits per heavy atom. The van der Waals surface area contributed by atoms with E-state index in [1.54, 1.807) is 18.4 Å². The lowest BCUT2D eigenvalue weighted by molar-refractivity contribution is -0.150. The number of carboxylic acids is 1. The summed E-state index contributed by atoms with van der Waals surface area (Å²) in [6, 6.07) is -0.872. The number of thioether (sulfide) groups is 1. The molecule has 12 heteroatoms. The molecule has 2 aliphatic heterocycles. The van der Waals surface area contributed by atoms with Crippen molar-refractivity contribution in [3.05, 3.63) is 28.4 Å². The second kappa shape index (κ2) is 8.25. The van der Waals surface area contributed by atoms with Crippen LogP contribution in [0.1, 0.15) is 19.5 Å². The topological polar surface area (TPSA) is 152 Å². The molecule has 1 fully saturated rings. The summed E-state index contributed by atoms with van der Waals surface area (Å²) in [5.74, 6) is -2.61. The fraction of sp³-hybridized carbons (Fsp3) is 0.353. The number of nitrogens with one attached hydrogen (secondary N) is 1. The third-order valence-corrected chi connectivity index (χ3v) is 6.33. The number of carbonyl (C=O) groups is 4. The van der Waals surface area contributed by atoms with E-state index in [1.165, 1.54) is 30.0 Å². The molecule has 0 aromatic carbocycles. The van der Waals surface area contributed by atoms with E-state index >= 15 is 0 Å². The Morgan fingerprint density at radius 2 is 2.21 bits per heavy atom. The van der Waals surface area contributed by atoms with E-state index in [9.17, 15) is 24.3 Å². The average molecular weight is 438 g/mol. The number of carboxylic acid groups (broad SMARTS) is 1. The minimum absolute atomic E-state index is 0.203. The first-order valence-corrected chi connectivity index (χ1v) is 10.4. The van der Waals surface area contributed by atoms with Crippen molar-refractivity contribution < 1.29 is 29.0 Å². The Bertz CT molecular complexity index is 953. The van der Waals surface area contributed by atoms with Crippen molar-refractivity contribution in [3.8, 4) is 0 Å². The zero-order chi connectivity index (χ0) is 21.3. The van der Waals surface area contributed by atoms with E-state index in [0.29, 0.717) is 16.4 Å². The van der Waals surface area contributed by atoms with Crippen molar-refractivity contribution in [2.75, 3.05) is 18.1 Å². The molecule has 3 rings (SSSR count). The molecular weight excluding hydrogens is 420 g/mol. The van der Waals surface area contributed by atoms with E-state index in [0.717, 1.165) is 4.90 Å². The monoisotopic (exact) mass is 438 g/mol. The highest BCUT2D eigenvalue weighted by Crippen LogP contribution is 2.40. The molecule has 0 spiro atoms. The van der Waals surface area contributed by atoms with Crippen LogP contribution in [0.25, 0.3) is 5.57 Å². The maximum absolute atomic E-state index is 12.6. The van der Waals surface area contributed by atoms with Gasteiger partial charge in [0.15, 0.2) is 5.13 Å². The highest BCUT2D eigenvalue weighted by atomic mass is 32.2. The molecule has 154 valence electrons. The molecule has 0 saturated carbocycles. The van der Waals surface area contributed by atoms with E-state index in [-0.39, 0.29) is 23.6 Å². The van der Waals surface area contributed by atoms with Gasteiger partial charge in [-0.2, -0.15) is 0 Å². The van der Waals surface area contributed by atoms with E-state index < -0.39 is 35.2 Å². The van der Waals surface area contributed by atoms with Gasteiger partial charge in [-0.15, -0.1) is 23.1 Å². The van der Waals surface area contributed by atoms with Gasteiger partial charge in [0.1, 0.15) is 23.7 Å². The van der Waals surface area contributed by atoms with Gasteiger partial charge >= 0.3 is 11.9 Å². The first-order valence-electron chi connectivity index (χ1n) is 8.46. The predicted octanol–water partition coefficient (Wildman–Crippen LogP) is 0.430. The lowest BCUT2D eigenvalue weighted by Gasteiger charge is -2.49. The van der Waals surface area contributed by atoms with Gasteiger partial charge in [-0.25, -0.2) is 9.78 Å². The van der Waals surface area contributed by atoms with Crippen molar-refractivity contribution in [3.63, 3.8) is 0 Å². The summed E-state index contributed by atoms with van der Waals surface area (Å²) in [7, 11) is 0. The number of amides is 2. The molecule has 29 heavy (non-hydrogen) atoms. The standard InChI is InChI=1S/C17H18N4O6S2/c1-3-9(10-6-29-17(18)19-10)13(23)20-11-14(24)21-12(16(25)26)8(4-27-7(2)22)5-28-15(11)21/h3,6,11,15H,4-5H2,1-2H3,(H2,18,19)(H,20,23)(H,25,26)/b9-3-/t11?,15-/m0/s1. The van der Waals surface area contributed by atoms with Crippen molar-refractivity contribution in [2.45, 2.75) is 25.3 Å². The summed E-state index contributed by atoms with van der Waals surface area (Å²) in [6.07, 6.45) is 1.57. The maximum atomic E-state index is 12.6. The van der Waals surface area contributed by atoms with Gasteiger partial charge < -0.3 is 20.9 Å². The molecule has 1 aromatic rings. The quantitative estimate of drug-likeness (QED) is 0.326. The number of esters is 1. The zero-order valence-electron chi connectivity index (χ0n) is 15.5. The number of ether oxygens (including phenoxy) is 1. The summed E-state index contributed by atoms with van der Waals surface area (Å²) in [6.45, 7) is 2.68. The number of thiazole rings is 1. The molecule has 2 atom stereocenters. The number of aliphatic carboxylic acids is 1. The smallest absolute Gasteiger partial charge is 0.352 e. The van der Waals surface area contributed by atoms with Crippen LogP contribution in [0.3, 0.4) is 0 Å². The number of allylic oxidation sites excluding steroid dienone is 1. The van der Waals surface area contributed by atoms with Crippen LogP contribution in [-0.2, 0) is 23.9 Å². The van der Waals surface area contributed by atoms with Gasteiger partial charge in [0, 0.05) is 23.6 Å². The SMILES string of the molecule is C/C=C(\C(=O)NC1C(=O)N2C(C(=O)O)=C(COC(C)=O)CS[C@@H]12)c1csc(N)n1. The van der Waals surface area contributed by atoms with Crippen LogP contribution >= 0.6 is 23.1 Å². The van der Waals surface area contributed by atoms with Crippen molar-refractivity contribution in [2.24, 2.45) is 0 Å². The summed E-state index contributed by atoms with van der Waals surface area (Å²) in [4.78, 5) is 53.2. The molecule has 4 N–H and O–H groups in total. The Labute approximate surface area is 173 Å². The average Bonchev–Trinajstić information content (AvgIpc) is 3.09. The number of nitrogens with zero attached hydrogens (tertiary/aromatic N) is 2. The lowest BCUT2D eigenvalue weighted by atomic mass is 10.0. The number of hydrogen-bond acceptors (Lipinski definition) is 9. The van der Waals surface area contributed by atoms with Crippen molar-refractivity contribution in [1.82, 2.24) is 15.2 Å². The minimum atomic E-state index is -1.29. The number of carbonyl (C=O) groups excluding carboxylic acids is 3. The van der Waals surface area contributed by atoms with Crippen LogP contribution in [0.15, 0.2) is 22.7 Å². The molecular formula is C17H18N4O6S2. The summed E-state index contributed by atoms with van der Waals surface area (Å²) < 4.78 is 4.89. The van der Waals surface area contributed by atoms with Gasteiger partial charge in [0.2, 0.25) is 0 Å². The second-order valence-corrected chi connectivity index (χ2v) is 8.17. The zero-order valence-corrected chi connectivity index (χ0v) is 17.1. The number of hydrogen-bond donors (Lipinski definition) is 3. The van der Waals surface area contributed by atoms with Crippen molar-refractivity contribution in [1.29, 1.82) is 0 Å². The number of β-lactam (4-membered cyclic amide) rings is 1. The Balaban J connectivity index is 1.76. The highest BCUT2D eigenvalue weighted by Gasteiger charge is 2.54. The van der Waals surface area contributed by atoms with Crippen LogP contribution in [0.5, 0.6) is 0 Å². The van der Waals surface area contributed by atoms with Gasteiger partial charge in [0.25, 0.3) is 11.8 Å². The number of aromatic nitrogens is 1. The molecule has 0 radical (unpaired) electrons. The van der Waals surface area contributed by atoms with Gasteiger partial charge in [-0.3, -0.25) is 19.3 Å². The molecule has 10 nitrogen and oxygen atoms in total. The maximum Gasteiger partial charge on any atom is 0.352 e. The van der Waals surface area contributed by atoms with Crippen LogP contribution in [0.4, 0.5) is 5.13 Å². The van der Waals surface area contributed by atoms with Gasteiger partial charge in [0.05, 0.1) is 11.3 Å². The normalized spacial score (nSPS) is 21.4. The fourth-order valence-corrected chi connectivity index (χ4v) is 4.90. The minimum Gasteiger partial charge on any atom is -0.477 e. The van der Waals surface area contributed by atoms with Crippen LogP contribution < -0.4 is 11.1 Å². The first-order chi connectivity index (χ1) is 13.7. The Morgan fingerprint density at radius 1 is 1.48 bits per heavy atom. The number of fused-ring (bicyclic) bond motifs is 1. The molecule has 3 heterocycles. The largest absolute Gasteiger partial charge is 0.477 e. The summed E-state index contributed by atoms with van der Waals surface area (Å²) >= 11 is 2.48. The van der Waals surface area contributed by atoms with Crippen LogP contribution in [-0.4, -0.2) is 62.5 Å². The Hall–Kier alpha value is -2.86.